The van der Waals surface area contributed by atoms with E-state index in [0.717, 1.165) is 18.4 Å². The number of aliphatic hydroxyl groups is 1. The van der Waals surface area contributed by atoms with E-state index in [1.807, 2.05) is 0 Å². The second-order valence-corrected chi connectivity index (χ2v) is 3.32. The molecule has 0 aliphatic carbocycles. The lowest BCUT2D eigenvalue weighted by molar-refractivity contribution is -0.384. The number of nitro groups is 1. The zero-order valence-electron chi connectivity index (χ0n) is 8.87. The molecule has 1 aromatic rings. The second kappa shape index (κ2) is 6.68. The van der Waals surface area contributed by atoms with Gasteiger partial charge in [-0.1, -0.05) is 12.1 Å². The monoisotopic (exact) mass is 222 g/mol. The molecule has 0 aromatic heterocycles. The first-order valence-electron chi connectivity index (χ1n) is 5.09. The van der Waals surface area contributed by atoms with E-state index >= 15 is 0 Å². The Labute approximate surface area is 93.6 Å². The highest BCUT2D eigenvalue weighted by Gasteiger charge is 2.03. The van der Waals surface area contributed by atoms with Crippen LogP contribution in [0.15, 0.2) is 29.3 Å². The Morgan fingerprint density at radius 1 is 1.44 bits per heavy atom. The van der Waals surface area contributed by atoms with E-state index in [9.17, 15) is 10.1 Å². The summed E-state index contributed by atoms with van der Waals surface area (Å²) in [5, 5.41) is 19.1. The highest BCUT2D eigenvalue weighted by molar-refractivity contribution is 5.80. The van der Waals surface area contributed by atoms with Gasteiger partial charge in [0.05, 0.1) is 4.92 Å². The molecule has 5 nitrogen and oxygen atoms in total. The molecule has 0 aliphatic heterocycles. The maximum Gasteiger partial charge on any atom is 0.270 e. The first-order chi connectivity index (χ1) is 7.74. The van der Waals surface area contributed by atoms with Crippen LogP contribution >= 0.6 is 0 Å². The number of hydrogen-bond acceptors (Lipinski definition) is 4. The third kappa shape index (κ3) is 4.18. The topological polar surface area (TPSA) is 75.7 Å². The average molecular weight is 222 g/mol. The van der Waals surface area contributed by atoms with E-state index < -0.39 is 4.92 Å². The zero-order valence-corrected chi connectivity index (χ0v) is 8.87. The molecule has 86 valence electrons. The molecule has 1 N–H and O–H groups in total. The number of rotatable bonds is 6. The SMILES string of the molecule is O=[N+]([O-])c1cccc(/C=N/CCCCO)c1. The molecule has 0 saturated heterocycles. The number of aliphatic imine (C=N–C) groups is 1. The maximum atomic E-state index is 10.5. The number of aliphatic hydroxyl groups excluding tert-OH is 1. The molecule has 0 spiro atoms. The Morgan fingerprint density at radius 3 is 2.94 bits per heavy atom. The molecule has 16 heavy (non-hydrogen) atoms. The Bertz CT molecular complexity index is 377. The number of hydrogen-bond donors (Lipinski definition) is 1. The van der Waals surface area contributed by atoms with Crippen LogP contribution < -0.4 is 0 Å². The number of benzene rings is 1. The smallest absolute Gasteiger partial charge is 0.270 e. The number of non-ortho nitro benzene ring substituents is 1. The molecule has 0 heterocycles. The molecule has 0 atom stereocenters. The van der Waals surface area contributed by atoms with Gasteiger partial charge in [-0.3, -0.25) is 15.1 Å². The summed E-state index contributed by atoms with van der Waals surface area (Å²) in [6.45, 7) is 0.801. The molecular weight excluding hydrogens is 208 g/mol. The highest BCUT2D eigenvalue weighted by atomic mass is 16.6. The van der Waals surface area contributed by atoms with Crippen LogP contribution in [0.25, 0.3) is 0 Å². The van der Waals surface area contributed by atoms with E-state index in [1.54, 1.807) is 18.3 Å². The minimum atomic E-state index is -0.427. The van der Waals surface area contributed by atoms with Crippen molar-refractivity contribution in [2.75, 3.05) is 13.2 Å². The van der Waals surface area contributed by atoms with Crippen molar-refractivity contribution < 1.29 is 10.0 Å². The quantitative estimate of drug-likeness (QED) is 0.345. The molecule has 1 rings (SSSR count). The van der Waals surface area contributed by atoms with Gasteiger partial charge in [0.15, 0.2) is 0 Å². The van der Waals surface area contributed by atoms with Crippen LogP contribution in [0.1, 0.15) is 18.4 Å². The highest BCUT2D eigenvalue weighted by Crippen LogP contribution is 2.11. The first kappa shape index (κ1) is 12.3. The van der Waals surface area contributed by atoms with Gasteiger partial charge in [0.1, 0.15) is 0 Å². The van der Waals surface area contributed by atoms with Crippen molar-refractivity contribution in [1.82, 2.24) is 0 Å². The van der Waals surface area contributed by atoms with Gasteiger partial charge >= 0.3 is 0 Å². The van der Waals surface area contributed by atoms with Crippen LogP contribution in [0.4, 0.5) is 5.69 Å². The van der Waals surface area contributed by atoms with E-state index in [0.29, 0.717) is 6.54 Å². The molecule has 5 heteroatoms. The summed E-state index contributed by atoms with van der Waals surface area (Å²) in [7, 11) is 0. The predicted molar refractivity (Wildman–Crippen MR) is 61.9 cm³/mol. The fourth-order valence-electron chi connectivity index (χ4n) is 1.20. The van der Waals surface area contributed by atoms with Crippen molar-refractivity contribution in [2.45, 2.75) is 12.8 Å². The lowest BCUT2D eigenvalue weighted by atomic mass is 10.2. The van der Waals surface area contributed by atoms with Crippen LogP contribution in [-0.4, -0.2) is 29.4 Å². The summed E-state index contributed by atoms with van der Waals surface area (Å²) >= 11 is 0. The van der Waals surface area contributed by atoms with Crippen LogP contribution in [0, 0.1) is 10.1 Å². The molecular formula is C11H14N2O3. The Hall–Kier alpha value is -1.75. The van der Waals surface area contributed by atoms with Crippen LogP contribution in [-0.2, 0) is 0 Å². The number of nitro benzene ring substituents is 1. The van der Waals surface area contributed by atoms with Crippen molar-refractivity contribution in [3.05, 3.63) is 39.9 Å². The number of unbranched alkanes of at least 4 members (excludes halogenated alkanes) is 1. The van der Waals surface area contributed by atoms with Gasteiger partial charge < -0.3 is 5.11 Å². The standard InChI is InChI=1S/C11H14N2O3/c14-7-2-1-6-12-9-10-4-3-5-11(8-10)13(15)16/h3-5,8-9,14H,1-2,6-7H2/b12-9+. The van der Waals surface area contributed by atoms with Gasteiger partial charge in [-0.25, -0.2) is 0 Å². The summed E-state index contributed by atoms with van der Waals surface area (Å²) in [4.78, 5) is 14.2. The fourth-order valence-corrected chi connectivity index (χ4v) is 1.20. The largest absolute Gasteiger partial charge is 0.396 e. The van der Waals surface area contributed by atoms with Crippen molar-refractivity contribution in [2.24, 2.45) is 4.99 Å². The van der Waals surface area contributed by atoms with E-state index in [4.69, 9.17) is 5.11 Å². The van der Waals surface area contributed by atoms with Crippen LogP contribution in [0.2, 0.25) is 0 Å². The van der Waals surface area contributed by atoms with Crippen molar-refractivity contribution in [3.63, 3.8) is 0 Å². The van der Waals surface area contributed by atoms with E-state index in [2.05, 4.69) is 4.99 Å². The van der Waals surface area contributed by atoms with Gasteiger partial charge in [0.2, 0.25) is 0 Å². The lowest BCUT2D eigenvalue weighted by Gasteiger charge is -1.94. The molecule has 1 aromatic carbocycles. The van der Waals surface area contributed by atoms with E-state index in [-0.39, 0.29) is 12.3 Å². The first-order valence-corrected chi connectivity index (χ1v) is 5.09. The summed E-state index contributed by atoms with van der Waals surface area (Å²) in [6, 6.07) is 6.33. The van der Waals surface area contributed by atoms with Gasteiger partial charge in [-0.15, -0.1) is 0 Å². The Kier molecular flexibility index (Phi) is 5.15. The number of nitrogens with zero attached hydrogens (tertiary/aromatic N) is 2. The third-order valence-corrected chi connectivity index (χ3v) is 2.02. The van der Waals surface area contributed by atoms with Gasteiger partial charge in [-0.05, 0) is 18.4 Å². The average Bonchev–Trinajstić information content (AvgIpc) is 2.29. The molecule has 0 unspecified atom stereocenters. The van der Waals surface area contributed by atoms with Gasteiger partial charge in [-0.2, -0.15) is 0 Å². The zero-order chi connectivity index (χ0) is 11.8. The van der Waals surface area contributed by atoms with Crippen molar-refractivity contribution in [3.8, 4) is 0 Å². The van der Waals surface area contributed by atoms with Crippen molar-refractivity contribution in [1.29, 1.82) is 0 Å². The minimum absolute atomic E-state index is 0.0688. The molecule has 0 aliphatic rings. The van der Waals surface area contributed by atoms with Crippen LogP contribution in [0.5, 0.6) is 0 Å². The second-order valence-electron chi connectivity index (χ2n) is 3.32. The lowest BCUT2D eigenvalue weighted by Crippen LogP contribution is -1.91. The molecule has 0 saturated carbocycles. The summed E-state index contributed by atoms with van der Waals surface area (Å²) in [6.07, 6.45) is 3.17. The molecule has 0 amide bonds. The van der Waals surface area contributed by atoms with Crippen molar-refractivity contribution >= 4 is 11.9 Å². The summed E-state index contributed by atoms with van der Waals surface area (Å²) in [5.74, 6) is 0. The Balaban J connectivity index is 2.53. The van der Waals surface area contributed by atoms with Gasteiger partial charge in [0, 0.05) is 31.5 Å². The Morgan fingerprint density at radius 2 is 2.25 bits per heavy atom. The molecule has 0 radical (unpaired) electrons. The fraction of sp³-hybridized carbons (Fsp3) is 0.364. The normalized spacial score (nSPS) is 10.8. The van der Waals surface area contributed by atoms with E-state index in [1.165, 1.54) is 12.1 Å². The molecule has 0 bridgehead atoms. The predicted octanol–water partition coefficient (Wildman–Crippen LogP) is 1.79. The summed E-state index contributed by atoms with van der Waals surface area (Å²) < 4.78 is 0. The minimum Gasteiger partial charge on any atom is -0.396 e. The maximum absolute atomic E-state index is 10.5. The molecule has 0 fully saturated rings. The third-order valence-electron chi connectivity index (χ3n) is 2.02. The van der Waals surface area contributed by atoms with Gasteiger partial charge in [0.25, 0.3) is 5.69 Å². The summed E-state index contributed by atoms with van der Waals surface area (Å²) in [5.41, 5.74) is 0.789. The van der Waals surface area contributed by atoms with Crippen LogP contribution in [0.3, 0.4) is 0 Å².